The Kier molecular flexibility index (Phi) is 4.11. The van der Waals surface area contributed by atoms with Gasteiger partial charge in [-0.1, -0.05) is 22.0 Å². The molecule has 3 aromatic rings. The minimum absolute atomic E-state index is 0.105. The highest BCUT2D eigenvalue weighted by Gasteiger charge is 2.12. The van der Waals surface area contributed by atoms with Gasteiger partial charge in [0.15, 0.2) is 30.0 Å². The molecule has 22 heavy (non-hydrogen) atoms. The quantitative estimate of drug-likeness (QED) is 0.643. The van der Waals surface area contributed by atoms with Gasteiger partial charge in [-0.05, 0) is 30.3 Å². The number of fused-ring (bicyclic) bond motifs is 1. The van der Waals surface area contributed by atoms with Crippen LogP contribution in [0.1, 0.15) is 16.2 Å². The van der Waals surface area contributed by atoms with Gasteiger partial charge in [0, 0.05) is 4.47 Å². The van der Waals surface area contributed by atoms with Crippen LogP contribution in [-0.2, 0) is 6.61 Å². The lowest BCUT2D eigenvalue weighted by Crippen LogP contribution is -2.00. The van der Waals surface area contributed by atoms with Crippen molar-refractivity contribution in [1.82, 2.24) is 4.98 Å². The molecule has 0 aliphatic carbocycles. The van der Waals surface area contributed by atoms with Gasteiger partial charge >= 0.3 is 0 Å². The Bertz CT molecular complexity index is 828. The third-order valence-corrected chi connectivity index (χ3v) is 3.58. The molecule has 0 amide bonds. The molecule has 1 heterocycles. The third kappa shape index (κ3) is 2.82. The minimum atomic E-state index is 0.105. The van der Waals surface area contributed by atoms with Crippen LogP contribution in [-0.4, -0.2) is 18.4 Å². The number of hydrogen-bond donors (Lipinski definition) is 0. The lowest BCUT2D eigenvalue weighted by molar-refractivity contribution is 0.111. The van der Waals surface area contributed by atoms with E-state index in [4.69, 9.17) is 13.9 Å². The number of oxazole rings is 1. The molecule has 0 saturated heterocycles. The molecule has 0 unspecified atom stereocenters. The van der Waals surface area contributed by atoms with Crippen LogP contribution >= 0.6 is 15.9 Å². The number of para-hydroxylation sites is 1. The molecule has 6 heteroatoms. The van der Waals surface area contributed by atoms with E-state index >= 15 is 0 Å². The summed E-state index contributed by atoms with van der Waals surface area (Å²) in [5, 5.41) is 0. The van der Waals surface area contributed by atoms with E-state index in [1.165, 1.54) is 7.11 Å². The van der Waals surface area contributed by atoms with Crippen LogP contribution in [0, 0.1) is 0 Å². The molecule has 5 nitrogen and oxygen atoms in total. The van der Waals surface area contributed by atoms with E-state index in [2.05, 4.69) is 20.9 Å². The molecule has 0 aliphatic heterocycles. The smallest absolute Gasteiger partial charge is 0.233 e. The Morgan fingerprint density at radius 3 is 2.95 bits per heavy atom. The largest absolute Gasteiger partial charge is 0.493 e. The summed E-state index contributed by atoms with van der Waals surface area (Å²) in [6.07, 6.45) is 0.723. The lowest BCUT2D eigenvalue weighted by atomic mass is 10.2. The number of rotatable bonds is 5. The Morgan fingerprint density at radius 1 is 1.32 bits per heavy atom. The number of halogens is 1. The predicted molar refractivity (Wildman–Crippen MR) is 84.4 cm³/mol. The Hall–Kier alpha value is -2.34. The number of hydrogen-bond acceptors (Lipinski definition) is 5. The summed E-state index contributed by atoms with van der Waals surface area (Å²) >= 11 is 3.39. The summed E-state index contributed by atoms with van der Waals surface area (Å²) in [4.78, 5) is 15.5. The van der Waals surface area contributed by atoms with Crippen LogP contribution in [0.3, 0.4) is 0 Å². The molecule has 0 N–H and O–H groups in total. The first-order valence-electron chi connectivity index (χ1n) is 6.51. The number of carbonyl (C=O) groups excluding carboxylic acids is 1. The van der Waals surface area contributed by atoms with E-state index in [9.17, 15) is 4.79 Å². The van der Waals surface area contributed by atoms with Gasteiger partial charge in [-0.2, -0.15) is 0 Å². The van der Waals surface area contributed by atoms with Crippen molar-refractivity contribution in [3.63, 3.8) is 0 Å². The third-order valence-electron chi connectivity index (χ3n) is 3.09. The number of benzene rings is 2. The fourth-order valence-corrected chi connectivity index (χ4v) is 2.43. The van der Waals surface area contributed by atoms with Crippen LogP contribution in [0.15, 0.2) is 45.3 Å². The molecule has 0 bridgehead atoms. The van der Waals surface area contributed by atoms with E-state index in [0.717, 1.165) is 16.3 Å². The second-order valence-corrected chi connectivity index (χ2v) is 5.42. The average molecular weight is 362 g/mol. The molecule has 3 rings (SSSR count). The van der Waals surface area contributed by atoms with Gasteiger partial charge in [-0.3, -0.25) is 4.79 Å². The van der Waals surface area contributed by atoms with Crippen molar-refractivity contribution >= 4 is 33.3 Å². The van der Waals surface area contributed by atoms with Gasteiger partial charge in [0.05, 0.1) is 12.7 Å². The van der Waals surface area contributed by atoms with Crippen molar-refractivity contribution in [2.45, 2.75) is 6.61 Å². The van der Waals surface area contributed by atoms with Crippen molar-refractivity contribution in [1.29, 1.82) is 0 Å². The second-order valence-electron chi connectivity index (χ2n) is 4.50. The zero-order chi connectivity index (χ0) is 15.5. The summed E-state index contributed by atoms with van der Waals surface area (Å²) in [5.41, 5.74) is 1.83. The molecule has 0 fully saturated rings. The molecule has 2 aromatic carbocycles. The first kappa shape index (κ1) is 14.6. The van der Waals surface area contributed by atoms with Crippen LogP contribution in [0.25, 0.3) is 11.1 Å². The summed E-state index contributed by atoms with van der Waals surface area (Å²) in [6, 6.07) is 10.7. The van der Waals surface area contributed by atoms with Gasteiger partial charge in [-0.25, -0.2) is 4.98 Å². The van der Waals surface area contributed by atoms with Crippen LogP contribution in [0.4, 0.5) is 0 Å². The summed E-state index contributed by atoms with van der Waals surface area (Å²) < 4.78 is 17.4. The SMILES string of the molecule is COc1cccc(C=O)c1OCc1nc2cc(Br)ccc2o1. The number of methoxy groups -OCH3 is 1. The fourth-order valence-electron chi connectivity index (χ4n) is 2.08. The Balaban J connectivity index is 1.86. The highest BCUT2D eigenvalue weighted by atomic mass is 79.9. The summed E-state index contributed by atoms with van der Waals surface area (Å²) in [6.45, 7) is 0.105. The van der Waals surface area contributed by atoms with E-state index in [1.54, 1.807) is 18.2 Å². The number of aldehydes is 1. The van der Waals surface area contributed by atoms with Crippen molar-refractivity contribution in [2.24, 2.45) is 0 Å². The van der Waals surface area contributed by atoms with Gasteiger partial charge in [-0.15, -0.1) is 0 Å². The van der Waals surface area contributed by atoms with E-state index in [1.807, 2.05) is 18.2 Å². The molecule has 112 valence electrons. The van der Waals surface area contributed by atoms with Gasteiger partial charge in [0.2, 0.25) is 5.89 Å². The molecule has 1 aromatic heterocycles. The Labute approximate surface area is 135 Å². The molecule has 0 atom stereocenters. The molecule has 0 radical (unpaired) electrons. The fraction of sp³-hybridized carbons (Fsp3) is 0.125. The van der Waals surface area contributed by atoms with E-state index in [0.29, 0.717) is 28.5 Å². The van der Waals surface area contributed by atoms with Gasteiger partial charge < -0.3 is 13.9 Å². The first-order chi connectivity index (χ1) is 10.7. The Morgan fingerprint density at radius 2 is 2.18 bits per heavy atom. The molecule has 0 saturated carbocycles. The van der Waals surface area contributed by atoms with Crippen LogP contribution in [0.2, 0.25) is 0 Å². The molecule has 0 spiro atoms. The number of ether oxygens (including phenoxy) is 2. The second kappa shape index (κ2) is 6.19. The topological polar surface area (TPSA) is 61.6 Å². The highest BCUT2D eigenvalue weighted by molar-refractivity contribution is 9.10. The van der Waals surface area contributed by atoms with Crippen LogP contribution in [0.5, 0.6) is 11.5 Å². The minimum Gasteiger partial charge on any atom is -0.493 e. The molecule has 0 aliphatic rings. The van der Waals surface area contributed by atoms with Crippen molar-refractivity contribution in [3.05, 3.63) is 52.3 Å². The molecular weight excluding hydrogens is 350 g/mol. The van der Waals surface area contributed by atoms with E-state index in [-0.39, 0.29) is 6.61 Å². The number of nitrogens with zero attached hydrogens (tertiary/aromatic N) is 1. The summed E-state index contributed by atoms with van der Waals surface area (Å²) in [7, 11) is 1.52. The maximum Gasteiger partial charge on any atom is 0.233 e. The maximum absolute atomic E-state index is 11.1. The lowest BCUT2D eigenvalue weighted by Gasteiger charge is -2.10. The zero-order valence-corrected chi connectivity index (χ0v) is 13.3. The maximum atomic E-state index is 11.1. The predicted octanol–water partition coefficient (Wildman–Crippen LogP) is 3.99. The van der Waals surface area contributed by atoms with Crippen molar-refractivity contribution in [3.8, 4) is 11.5 Å². The molecular formula is C16H12BrNO4. The first-order valence-corrected chi connectivity index (χ1v) is 7.30. The average Bonchev–Trinajstić information content (AvgIpc) is 2.94. The highest BCUT2D eigenvalue weighted by Crippen LogP contribution is 2.31. The zero-order valence-electron chi connectivity index (χ0n) is 11.7. The van der Waals surface area contributed by atoms with Gasteiger partial charge in [0.25, 0.3) is 0 Å². The van der Waals surface area contributed by atoms with Crippen molar-refractivity contribution < 1.29 is 18.7 Å². The van der Waals surface area contributed by atoms with Gasteiger partial charge in [0.1, 0.15) is 5.52 Å². The van der Waals surface area contributed by atoms with Crippen LogP contribution < -0.4 is 9.47 Å². The monoisotopic (exact) mass is 361 g/mol. The van der Waals surface area contributed by atoms with E-state index < -0.39 is 0 Å². The summed E-state index contributed by atoms with van der Waals surface area (Å²) in [5.74, 6) is 1.29. The normalized spacial score (nSPS) is 10.6. The van der Waals surface area contributed by atoms with Crippen molar-refractivity contribution in [2.75, 3.05) is 7.11 Å². The number of aromatic nitrogens is 1. The number of carbonyl (C=O) groups is 1. The standard InChI is InChI=1S/C16H12BrNO4/c1-20-14-4-2-3-10(8-19)16(14)21-9-15-18-12-7-11(17)5-6-13(12)22-15/h2-8H,9H2,1H3.